The molecule has 3 aromatic carbocycles. The van der Waals surface area contributed by atoms with Gasteiger partial charge in [-0.15, -0.1) is 0 Å². The Balaban J connectivity index is 1.31. The summed E-state index contributed by atoms with van der Waals surface area (Å²) in [5.41, 5.74) is 3.98. The minimum absolute atomic E-state index is 0.117. The van der Waals surface area contributed by atoms with Crippen LogP contribution in [0.25, 0.3) is 0 Å². The molecule has 0 bridgehead atoms. The summed E-state index contributed by atoms with van der Waals surface area (Å²) in [5.74, 6) is -0.690. The minimum Gasteiger partial charge on any atom is -0.322 e. The molecule has 5 heteroatoms. The van der Waals surface area contributed by atoms with Crippen LogP contribution in [0.1, 0.15) is 46.7 Å². The fourth-order valence-corrected chi connectivity index (χ4v) is 5.13. The first-order chi connectivity index (χ1) is 16.0. The van der Waals surface area contributed by atoms with Crippen LogP contribution < -0.4 is 10.2 Å². The summed E-state index contributed by atoms with van der Waals surface area (Å²) in [5, 5.41) is 2.91. The first-order valence-corrected chi connectivity index (χ1v) is 11.4. The van der Waals surface area contributed by atoms with Crippen LogP contribution in [0, 0.1) is 18.8 Å². The number of carbonyl (C=O) groups is 3. The number of hydrogen-bond acceptors (Lipinski definition) is 3. The second-order valence-corrected chi connectivity index (χ2v) is 8.96. The van der Waals surface area contributed by atoms with Gasteiger partial charge in [-0.25, -0.2) is 0 Å². The van der Waals surface area contributed by atoms with Gasteiger partial charge >= 0.3 is 0 Å². The van der Waals surface area contributed by atoms with E-state index in [1.54, 1.807) is 24.3 Å². The molecule has 5 nitrogen and oxygen atoms in total. The largest absolute Gasteiger partial charge is 0.322 e. The lowest BCUT2D eigenvalue weighted by Gasteiger charge is -2.28. The molecule has 3 unspecified atom stereocenters. The van der Waals surface area contributed by atoms with Gasteiger partial charge in [-0.2, -0.15) is 0 Å². The highest BCUT2D eigenvalue weighted by Gasteiger charge is 2.50. The van der Waals surface area contributed by atoms with E-state index in [1.807, 2.05) is 49.4 Å². The van der Waals surface area contributed by atoms with Crippen molar-refractivity contribution >= 4 is 29.1 Å². The van der Waals surface area contributed by atoms with Crippen LogP contribution in [0.2, 0.25) is 0 Å². The van der Waals surface area contributed by atoms with E-state index in [2.05, 4.69) is 17.4 Å². The van der Waals surface area contributed by atoms with E-state index < -0.39 is 0 Å². The van der Waals surface area contributed by atoms with Crippen LogP contribution in [0.15, 0.2) is 78.9 Å². The van der Waals surface area contributed by atoms with Crippen molar-refractivity contribution in [1.29, 1.82) is 0 Å². The van der Waals surface area contributed by atoms with Crippen molar-refractivity contribution < 1.29 is 14.4 Å². The molecule has 2 aliphatic rings. The third kappa shape index (κ3) is 3.95. The molecule has 1 heterocycles. The van der Waals surface area contributed by atoms with Gasteiger partial charge < -0.3 is 5.32 Å². The molecule has 33 heavy (non-hydrogen) atoms. The second-order valence-electron chi connectivity index (χ2n) is 8.96. The van der Waals surface area contributed by atoms with Crippen LogP contribution in [0.4, 0.5) is 11.4 Å². The fourth-order valence-electron chi connectivity index (χ4n) is 5.13. The average Bonchev–Trinajstić information content (AvgIpc) is 3.10. The van der Waals surface area contributed by atoms with Gasteiger partial charge in [0.2, 0.25) is 11.8 Å². The summed E-state index contributed by atoms with van der Waals surface area (Å²) < 4.78 is 0. The van der Waals surface area contributed by atoms with Crippen LogP contribution in [-0.4, -0.2) is 17.7 Å². The smallest absolute Gasteiger partial charge is 0.255 e. The molecule has 1 aliphatic heterocycles. The quantitative estimate of drug-likeness (QED) is 0.561. The Kier molecular flexibility index (Phi) is 5.55. The predicted octanol–water partition coefficient (Wildman–Crippen LogP) is 5.32. The maximum absolute atomic E-state index is 13.3. The lowest BCUT2D eigenvalue weighted by Crippen LogP contribution is -2.30. The Labute approximate surface area is 193 Å². The molecule has 1 N–H and O–H groups in total. The Morgan fingerprint density at radius 3 is 2.21 bits per heavy atom. The molecule has 0 aromatic heterocycles. The normalized spacial score (nSPS) is 22.2. The maximum Gasteiger partial charge on any atom is 0.255 e. The van der Waals surface area contributed by atoms with Crippen LogP contribution in [0.5, 0.6) is 0 Å². The Bertz CT molecular complexity index is 1200. The zero-order valence-electron chi connectivity index (χ0n) is 18.5. The molecule has 166 valence electrons. The second kappa shape index (κ2) is 8.66. The van der Waals surface area contributed by atoms with E-state index in [0.29, 0.717) is 23.6 Å². The van der Waals surface area contributed by atoms with E-state index in [1.165, 1.54) is 10.5 Å². The monoisotopic (exact) mass is 438 g/mol. The fraction of sp³-hybridized carbons (Fsp3) is 0.250. The average molecular weight is 439 g/mol. The summed E-state index contributed by atoms with van der Waals surface area (Å²) in [7, 11) is 0. The maximum atomic E-state index is 13.3. The molecular weight excluding hydrogens is 412 g/mol. The lowest BCUT2D eigenvalue weighted by atomic mass is 9.73. The molecule has 1 saturated carbocycles. The first kappa shape index (κ1) is 21.1. The first-order valence-electron chi connectivity index (χ1n) is 11.4. The summed E-state index contributed by atoms with van der Waals surface area (Å²) in [6.07, 6.45) is 2.34. The molecule has 5 rings (SSSR count). The number of nitrogens with zero attached hydrogens (tertiary/aromatic N) is 1. The highest BCUT2D eigenvalue weighted by molar-refractivity contribution is 6.22. The molecular formula is C28H26N2O3. The highest BCUT2D eigenvalue weighted by atomic mass is 16.2. The number of hydrogen-bond donors (Lipinski definition) is 1. The van der Waals surface area contributed by atoms with Gasteiger partial charge in [0.05, 0.1) is 17.5 Å². The number of carbonyl (C=O) groups excluding carboxylic acids is 3. The Hall–Kier alpha value is -3.73. The van der Waals surface area contributed by atoms with Crippen molar-refractivity contribution in [3.8, 4) is 0 Å². The summed E-state index contributed by atoms with van der Waals surface area (Å²) in [6, 6.07) is 24.5. The lowest BCUT2D eigenvalue weighted by molar-refractivity contribution is -0.122. The van der Waals surface area contributed by atoms with E-state index in [4.69, 9.17) is 0 Å². The van der Waals surface area contributed by atoms with Gasteiger partial charge in [0.25, 0.3) is 5.91 Å². The highest BCUT2D eigenvalue weighted by Crippen LogP contribution is 2.45. The van der Waals surface area contributed by atoms with Crippen molar-refractivity contribution in [3.05, 3.63) is 95.6 Å². The van der Waals surface area contributed by atoms with Gasteiger partial charge in [-0.1, -0.05) is 48.5 Å². The zero-order chi connectivity index (χ0) is 22.9. The van der Waals surface area contributed by atoms with Gasteiger partial charge in [0, 0.05) is 11.3 Å². The third-order valence-electron chi connectivity index (χ3n) is 6.98. The standard InChI is InChI=1S/C28H26N2O3/c1-18-7-5-6-10-25(18)29-26(31)20-11-14-22(15-12-20)30-27(32)23-16-13-21(17-24(23)28(30)33)19-8-3-2-4-9-19/h2-12,14-15,21,23-24H,13,16-17H2,1H3,(H,29,31). The van der Waals surface area contributed by atoms with E-state index in [-0.39, 0.29) is 29.6 Å². The topological polar surface area (TPSA) is 66.5 Å². The molecule has 0 spiro atoms. The van der Waals surface area contributed by atoms with Crippen LogP contribution in [-0.2, 0) is 9.59 Å². The summed E-state index contributed by atoms with van der Waals surface area (Å²) in [4.78, 5) is 40.3. The summed E-state index contributed by atoms with van der Waals surface area (Å²) >= 11 is 0. The number of para-hydroxylation sites is 1. The molecule has 2 fully saturated rings. The molecule has 0 radical (unpaired) electrons. The number of benzene rings is 3. The number of aryl methyl sites for hydroxylation is 1. The number of nitrogens with one attached hydrogen (secondary N) is 1. The number of fused-ring (bicyclic) bond motifs is 1. The van der Waals surface area contributed by atoms with Crippen molar-refractivity contribution in [2.45, 2.75) is 32.1 Å². The van der Waals surface area contributed by atoms with Gasteiger partial charge in [-0.05, 0) is 73.6 Å². The van der Waals surface area contributed by atoms with E-state index in [9.17, 15) is 14.4 Å². The molecule has 3 amide bonds. The van der Waals surface area contributed by atoms with Crippen molar-refractivity contribution in [3.63, 3.8) is 0 Å². The van der Waals surface area contributed by atoms with E-state index >= 15 is 0 Å². The van der Waals surface area contributed by atoms with Crippen molar-refractivity contribution in [2.24, 2.45) is 11.8 Å². The predicted molar refractivity (Wildman–Crippen MR) is 128 cm³/mol. The van der Waals surface area contributed by atoms with Crippen molar-refractivity contribution in [2.75, 3.05) is 10.2 Å². The minimum atomic E-state index is -0.277. The SMILES string of the molecule is Cc1ccccc1NC(=O)c1ccc(N2C(=O)C3CCC(c4ccccc4)CC3C2=O)cc1. The van der Waals surface area contributed by atoms with Gasteiger partial charge in [0.15, 0.2) is 0 Å². The van der Waals surface area contributed by atoms with Crippen molar-refractivity contribution in [1.82, 2.24) is 0 Å². The molecule has 3 atom stereocenters. The zero-order valence-corrected chi connectivity index (χ0v) is 18.5. The third-order valence-corrected chi connectivity index (χ3v) is 6.98. The number of imide groups is 1. The van der Waals surface area contributed by atoms with Crippen LogP contribution in [0.3, 0.4) is 0 Å². The Morgan fingerprint density at radius 1 is 0.818 bits per heavy atom. The Morgan fingerprint density at radius 2 is 1.48 bits per heavy atom. The van der Waals surface area contributed by atoms with E-state index in [0.717, 1.165) is 24.1 Å². The van der Waals surface area contributed by atoms with Crippen LogP contribution >= 0.6 is 0 Å². The number of anilines is 2. The molecule has 1 aliphatic carbocycles. The number of amides is 3. The number of rotatable bonds is 4. The summed E-state index contributed by atoms with van der Waals surface area (Å²) in [6.45, 7) is 1.94. The molecule has 1 saturated heterocycles. The molecule has 3 aromatic rings. The van der Waals surface area contributed by atoms with Gasteiger partial charge in [-0.3, -0.25) is 19.3 Å². The van der Waals surface area contributed by atoms with Gasteiger partial charge in [0.1, 0.15) is 0 Å².